The summed E-state index contributed by atoms with van der Waals surface area (Å²) in [6, 6.07) is 31.0. The number of hydrogen-bond acceptors (Lipinski definition) is 3. The summed E-state index contributed by atoms with van der Waals surface area (Å²) < 4.78 is 6.24. The first kappa shape index (κ1) is 20.9. The van der Waals surface area contributed by atoms with E-state index < -0.39 is 18.3 Å². The van der Waals surface area contributed by atoms with E-state index in [0.717, 1.165) is 48.8 Å². The molecule has 1 saturated carbocycles. The van der Waals surface area contributed by atoms with Crippen molar-refractivity contribution in [1.82, 2.24) is 0 Å². The fourth-order valence-corrected chi connectivity index (χ4v) is 5.41. The first-order valence-corrected chi connectivity index (χ1v) is 10.9. The van der Waals surface area contributed by atoms with E-state index in [1.54, 1.807) is 0 Å². The Balaban J connectivity index is 2.08. The van der Waals surface area contributed by atoms with Gasteiger partial charge in [-0.05, 0) is 29.5 Å². The molecule has 1 fully saturated rings. The predicted octanol–water partition coefficient (Wildman–Crippen LogP) is 5.21. The number of rotatable bonds is 5. The number of hydrogen-bond donors (Lipinski definition) is 2. The molecule has 1 unspecified atom stereocenters. The van der Waals surface area contributed by atoms with E-state index in [1.807, 2.05) is 30.3 Å². The summed E-state index contributed by atoms with van der Waals surface area (Å²) in [7, 11) is -1.86. The normalized spacial score (nSPS) is 21.4. The Morgan fingerprint density at radius 2 is 1.00 bits per heavy atom. The van der Waals surface area contributed by atoms with Crippen molar-refractivity contribution in [1.29, 1.82) is 0 Å². The molecule has 3 nitrogen and oxygen atoms in total. The highest BCUT2D eigenvalue weighted by Gasteiger charge is 2.56. The van der Waals surface area contributed by atoms with Crippen molar-refractivity contribution in [3.05, 3.63) is 108 Å². The quantitative estimate of drug-likeness (QED) is 0.578. The molecule has 30 heavy (non-hydrogen) atoms. The van der Waals surface area contributed by atoms with Crippen LogP contribution in [0.15, 0.2) is 91.0 Å². The summed E-state index contributed by atoms with van der Waals surface area (Å²) in [5.74, 6) is 0. The zero-order valence-electron chi connectivity index (χ0n) is 17.3. The van der Waals surface area contributed by atoms with Gasteiger partial charge in [0.15, 0.2) is 0 Å². The summed E-state index contributed by atoms with van der Waals surface area (Å²) in [6.07, 6.45) is 5.85. The molecule has 154 valence electrons. The van der Waals surface area contributed by atoms with Crippen LogP contribution in [-0.4, -0.2) is 17.4 Å². The molecule has 4 rings (SSSR count). The lowest BCUT2D eigenvalue weighted by Gasteiger charge is -2.53. The van der Waals surface area contributed by atoms with Crippen LogP contribution >= 0.6 is 0 Å². The van der Waals surface area contributed by atoms with Gasteiger partial charge >= 0.3 is 7.32 Å². The van der Waals surface area contributed by atoms with Gasteiger partial charge in [0.2, 0.25) is 0 Å². The third-order valence-electron chi connectivity index (χ3n) is 6.60. The van der Waals surface area contributed by atoms with E-state index in [0.29, 0.717) is 6.42 Å². The minimum absolute atomic E-state index is 0.555. The van der Waals surface area contributed by atoms with Crippen molar-refractivity contribution >= 4 is 7.32 Å². The second kappa shape index (κ2) is 9.17. The molecule has 0 radical (unpaired) electrons. The maximum atomic E-state index is 10.2. The molecule has 1 aliphatic rings. The van der Waals surface area contributed by atoms with E-state index in [9.17, 15) is 10.0 Å². The lowest BCUT2D eigenvalue weighted by atomic mass is 9.55. The van der Waals surface area contributed by atoms with Gasteiger partial charge in [-0.15, -0.1) is 0 Å². The fraction of sp³-hybridized carbons (Fsp3) is 0.308. The van der Waals surface area contributed by atoms with Gasteiger partial charge in [0.1, 0.15) is 0 Å². The average Bonchev–Trinajstić information content (AvgIpc) is 2.78. The molecule has 1 aliphatic carbocycles. The van der Waals surface area contributed by atoms with Crippen LogP contribution in [0.3, 0.4) is 0 Å². The monoisotopic (exact) mass is 400 g/mol. The summed E-state index contributed by atoms with van der Waals surface area (Å²) >= 11 is 0. The highest BCUT2D eigenvalue weighted by molar-refractivity contribution is 6.32. The highest BCUT2D eigenvalue weighted by atomic mass is 16.6. The van der Waals surface area contributed by atoms with Crippen LogP contribution < -0.4 is 0 Å². The van der Waals surface area contributed by atoms with Gasteiger partial charge in [-0.2, -0.15) is 0 Å². The second-order valence-electron chi connectivity index (χ2n) is 8.19. The topological polar surface area (TPSA) is 49.7 Å². The molecule has 0 bridgehead atoms. The first-order chi connectivity index (χ1) is 14.7. The van der Waals surface area contributed by atoms with E-state index in [-0.39, 0.29) is 0 Å². The second-order valence-corrected chi connectivity index (χ2v) is 8.19. The summed E-state index contributed by atoms with van der Waals surface area (Å²) in [6.45, 7) is 0. The van der Waals surface area contributed by atoms with Gasteiger partial charge in [-0.1, -0.05) is 117 Å². The van der Waals surface area contributed by atoms with Crippen molar-refractivity contribution in [2.75, 3.05) is 0 Å². The van der Waals surface area contributed by atoms with Crippen LogP contribution in [0.1, 0.15) is 55.2 Å². The Morgan fingerprint density at radius 3 is 1.47 bits per heavy atom. The van der Waals surface area contributed by atoms with Crippen LogP contribution in [0.25, 0.3) is 0 Å². The standard InChI is InChI=1S/C26H29BO3/c28-27(29)30-26(24-18-10-5-11-19-24)21-13-2-1-12-20-25(26,22-14-6-3-7-15-22)23-16-8-4-9-17-23/h3-11,14-19,28-29H,1-2,12-13,20-21H2. The summed E-state index contributed by atoms with van der Waals surface area (Å²) in [5.41, 5.74) is 1.80. The minimum Gasteiger partial charge on any atom is -0.402 e. The molecule has 0 spiro atoms. The SMILES string of the molecule is OB(O)OC1(c2ccccc2)CCCCCCC1(c1ccccc1)c1ccccc1. The van der Waals surface area contributed by atoms with Gasteiger partial charge in [-0.25, -0.2) is 0 Å². The average molecular weight is 400 g/mol. The fourth-order valence-electron chi connectivity index (χ4n) is 5.41. The van der Waals surface area contributed by atoms with Crippen molar-refractivity contribution in [3.63, 3.8) is 0 Å². The van der Waals surface area contributed by atoms with Crippen LogP contribution in [0.5, 0.6) is 0 Å². The van der Waals surface area contributed by atoms with Crippen molar-refractivity contribution in [3.8, 4) is 0 Å². The molecule has 0 aliphatic heterocycles. The third-order valence-corrected chi connectivity index (χ3v) is 6.60. The van der Waals surface area contributed by atoms with Crippen LogP contribution in [0.2, 0.25) is 0 Å². The van der Waals surface area contributed by atoms with Gasteiger partial charge in [-0.3, -0.25) is 0 Å². The van der Waals surface area contributed by atoms with Crippen molar-refractivity contribution in [2.45, 2.75) is 49.5 Å². The van der Waals surface area contributed by atoms with Crippen LogP contribution in [0, 0.1) is 0 Å². The molecule has 0 amide bonds. The van der Waals surface area contributed by atoms with Crippen LogP contribution in [0.4, 0.5) is 0 Å². The molecule has 2 N–H and O–H groups in total. The van der Waals surface area contributed by atoms with Gasteiger partial charge in [0.25, 0.3) is 0 Å². The van der Waals surface area contributed by atoms with Crippen molar-refractivity contribution in [2.24, 2.45) is 0 Å². The molecular formula is C26H29BO3. The first-order valence-electron chi connectivity index (χ1n) is 10.9. The Labute approximate surface area is 179 Å². The molecule has 3 aromatic carbocycles. The molecule has 0 saturated heterocycles. The van der Waals surface area contributed by atoms with E-state index in [4.69, 9.17) is 4.65 Å². The molecule has 0 aromatic heterocycles. The Morgan fingerprint density at radius 1 is 0.567 bits per heavy atom. The summed E-state index contributed by atoms with van der Waals surface area (Å²) in [5, 5.41) is 20.3. The van der Waals surface area contributed by atoms with Crippen molar-refractivity contribution < 1.29 is 14.7 Å². The van der Waals surface area contributed by atoms with E-state index in [2.05, 4.69) is 60.7 Å². The number of benzene rings is 3. The van der Waals surface area contributed by atoms with E-state index >= 15 is 0 Å². The smallest absolute Gasteiger partial charge is 0.402 e. The predicted molar refractivity (Wildman–Crippen MR) is 121 cm³/mol. The Hall–Kier alpha value is -2.40. The van der Waals surface area contributed by atoms with Gasteiger partial charge in [0, 0.05) is 0 Å². The molecular weight excluding hydrogens is 371 g/mol. The van der Waals surface area contributed by atoms with Crippen LogP contribution in [-0.2, 0) is 15.7 Å². The zero-order valence-corrected chi connectivity index (χ0v) is 17.3. The molecule has 4 heteroatoms. The Kier molecular flexibility index (Phi) is 6.38. The Bertz CT molecular complexity index is 875. The lowest BCUT2D eigenvalue weighted by molar-refractivity contribution is -0.0557. The maximum absolute atomic E-state index is 10.2. The molecule has 0 heterocycles. The zero-order chi connectivity index (χ0) is 20.9. The summed E-state index contributed by atoms with van der Waals surface area (Å²) in [4.78, 5) is 0. The minimum atomic E-state index is -1.86. The van der Waals surface area contributed by atoms with E-state index in [1.165, 1.54) is 0 Å². The maximum Gasteiger partial charge on any atom is 0.634 e. The van der Waals surface area contributed by atoms with Gasteiger partial charge in [0.05, 0.1) is 11.0 Å². The largest absolute Gasteiger partial charge is 0.634 e. The van der Waals surface area contributed by atoms with Gasteiger partial charge < -0.3 is 14.7 Å². The molecule has 1 atom stereocenters. The molecule has 3 aromatic rings. The lowest BCUT2D eigenvalue weighted by Crippen LogP contribution is -2.55. The third kappa shape index (κ3) is 3.71. The highest BCUT2D eigenvalue weighted by Crippen LogP contribution is 2.56.